The molecule has 1 heterocycles. The van der Waals surface area contributed by atoms with Gasteiger partial charge in [0.15, 0.2) is 6.29 Å². The summed E-state index contributed by atoms with van der Waals surface area (Å²) >= 11 is 0. The van der Waals surface area contributed by atoms with Gasteiger partial charge in [0.05, 0.1) is 24.6 Å². The minimum absolute atomic E-state index is 0.0146. The zero-order chi connectivity index (χ0) is 25.8. The summed E-state index contributed by atoms with van der Waals surface area (Å²) in [6, 6.07) is 17.6. The van der Waals surface area contributed by atoms with Gasteiger partial charge in [-0.3, -0.25) is 0 Å². The van der Waals surface area contributed by atoms with Gasteiger partial charge in [-0.1, -0.05) is 18.2 Å². The van der Waals surface area contributed by atoms with Crippen molar-refractivity contribution in [3.63, 3.8) is 0 Å². The van der Waals surface area contributed by atoms with Crippen LogP contribution in [0, 0.1) is 0 Å². The Labute approximate surface area is 211 Å². The number of nitrogens with zero attached hydrogens (tertiary/aromatic N) is 3. The van der Waals surface area contributed by atoms with Gasteiger partial charge in [0.25, 0.3) is 0 Å². The molecular formula is C26H37N3O7. The van der Waals surface area contributed by atoms with E-state index < -0.39 is 30.7 Å². The maximum absolute atomic E-state index is 9.89. The van der Waals surface area contributed by atoms with E-state index in [0.717, 1.165) is 43.0 Å². The molecule has 0 radical (unpaired) electrons. The summed E-state index contributed by atoms with van der Waals surface area (Å²) in [5, 5.41) is 47.1. The Bertz CT molecular complexity index is 900. The quantitative estimate of drug-likeness (QED) is 0.228. The molecule has 1 saturated heterocycles. The molecule has 5 atom stereocenters. The topological polar surface area (TPSA) is 137 Å². The fourth-order valence-corrected chi connectivity index (χ4v) is 3.76. The Morgan fingerprint density at radius 1 is 0.778 bits per heavy atom. The number of hydrogen-bond donors (Lipinski definition) is 4. The Morgan fingerprint density at radius 3 is 2.08 bits per heavy atom. The molecule has 0 aromatic heterocycles. The normalized spacial score (nSPS) is 24.3. The van der Waals surface area contributed by atoms with Crippen molar-refractivity contribution in [3.8, 4) is 0 Å². The minimum Gasteiger partial charge on any atom is -0.387 e. The number of likely N-dealkylation sites (N-methyl/N-ethyl adjacent to an activating group) is 1. The number of hydrogen-bond acceptors (Lipinski definition) is 10. The average Bonchev–Trinajstić information content (AvgIpc) is 2.91. The van der Waals surface area contributed by atoms with Crippen LogP contribution in [-0.4, -0.2) is 90.6 Å². The lowest BCUT2D eigenvalue weighted by molar-refractivity contribution is -0.288. The van der Waals surface area contributed by atoms with E-state index in [1.807, 2.05) is 54.6 Å². The average molecular weight is 504 g/mol. The Balaban J connectivity index is 1.27. The van der Waals surface area contributed by atoms with E-state index in [1.165, 1.54) is 0 Å². The molecule has 36 heavy (non-hydrogen) atoms. The lowest BCUT2D eigenvalue weighted by atomic mass is 9.99. The first-order chi connectivity index (χ1) is 17.5. The summed E-state index contributed by atoms with van der Waals surface area (Å²) in [5.41, 5.74) is 2.72. The fourth-order valence-electron chi connectivity index (χ4n) is 3.76. The van der Waals surface area contributed by atoms with Crippen LogP contribution in [-0.2, 0) is 14.2 Å². The van der Waals surface area contributed by atoms with Crippen LogP contribution in [0.1, 0.15) is 19.8 Å². The van der Waals surface area contributed by atoms with E-state index in [9.17, 15) is 20.4 Å². The Hall–Kier alpha value is -2.44. The fraction of sp³-hybridized carbons (Fsp3) is 0.538. The van der Waals surface area contributed by atoms with Gasteiger partial charge < -0.3 is 39.5 Å². The number of aliphatic hydroxyl groups excluding tert-OH is 4. The summed E-state index contributed by atoms with van der Waals surface area (Å²) in [4.78, 5) is 2.23. The van der Waals surface area contributed by atoms with Crippen LogP contribution in [0.4, 0.5) is 17.1 Å². The van der Waals surface area contributed by atoms with Crippen LogP contribution >= 0.6 is 0 Å². The zero-order valence-electron chi connectivity index (χ0n) is 20.6. The predicted molar refractivity (Wildman–Crippen MR) is 135 cm³/mol. The monoisotopic (exact) mass is 503 g/mol. The molecule has 4 N–H and O–H groups in total. The number of benzene rings is 2. The number of rotatable bonds is 14. The highest BCUT2D eigenvalue weighted by atomic mass is 16.6. The van der Waals surface area contributed by atoms with E-state index in [0.29, 0.717) is 19.8 Å². The van der Waals surface area contributed by atoms with Crippen LogP contribution < -0.4 is 4.90 Å². The van der Waals surface area contributed by atoms with Gasteiger partial charge in [-0.05, 0) is 56.2 Å². The lowest BCUT2D eigenvalue weighted by Gasteiger charge is -2.38. The second-order valence-electron chi connectivity index (χ2n) is 8.56. The molecule has 10 heteroatoms. The molecule has 1 aliphatic heterocycles. The summed E-state index contributed by atoms with van der Waals surface area (Å²) in [6.07, 6.45) is -5.19. The molecule has 10 nitrogen and oxygen atoms in total. The standard InChI is InChI=1S/C26H37N3O7/c1-2-29(21-12-10-20(11-13-21)28-27-19-8-4-3-5-9-19)14-17-34-15-6-7-16-35-18-22-23(30)24(31)25(32)26(33)36-22/h3-5,8-13,22-26,30-33H,2,6-7,14-18H2,1H3/t22-,23+,24+,25-,26?/m1/s1. The number of unbranched alkanes of at least 4 members (excludes halogenated alkanes) is 1. The molecule has 2 aromatic carbocycles. The van der Waals surface area contributed by atoms with Gasteiger partial charge in [0, 0.05) is 32.0 Å². The SMILES string of the molecule is CCN(CCOCCCCOC[C@H]1OC(O)[C@H](O)[C@@H](O)[C@H]1O)c1ccc(N=Nc2ccccc2)cc1. The van der Waals surface area contributed by atoms with E-state index in [4.69, 9.17) is 14.2 Å². The third-order valence-corrected chi connectivity index (χ3v) is 5.94. The highest BCUT2D eigenvalue weighted by Gasteiger charge is 2.42. The first-order valence-electron chi connectivity index (χ1n) is 12.3. The molecule has 198 valence electrons. The molecule has 0 spiro atoms. The van der Waals surface area contributed by atoms with Crippen molar-refractivity contribution in [2.75, 3.05) is 44.4 Å². The van der Waals surface area contributed by atoms with Gasteiger partial charge in [-0.25, -0.2) is 0 Å². The first-order valence-corrected chi connectivity index (χ1v) is 12.3. The highest BCUT2D eigenvalue weighted by Crippen LogP contribution is 2.22. The van der Waals surface area contributed by atoms with Crippen LogP contribution in [0.25, 0.3) is 0 Å². The molecule has 1 unspecified atom stereocenters. The molecule has 0 bridgehead atoms. The molecule has 1 aliphatic rings. The lowest BCUT2D eigenvalue weighted by Crippen LogP contribution is -2.58. The third kappa shape index (κ3) is 8.59. The third-order valence-electron chi connectivity index (χ3n) is 5.94. The first kappa shape index (κ1) is 28.1. The maximum atomic E-state index is 9.89. The van der Waals surface area contributed by atoms with Crippen LogP contribution in [0.3, 0.4) is 0 Å². The van der Waals surface area contributed by atoms with Gasteiger partial charge in [-0.15, -0.1) is 0 Å². The van der Waals surface area contributed by atoms with Crippen molar-refractivity contribution < 1.29 is 34.6 Å². The van der Waals surface area contributed by atoms with Crippen molar-refractivity contribution in [1.82, 2.24) is 0 Å². The maximum Gasteiger partial charge on any atom is 0.184 e. The smallest absolute Gasteiger partial charge is 0.184 e. The summed E-state index contributed by atoms with van der Waals surface area (Å²) < 4.78 is 16.3. The van der Waals surface area contributed by atoms with Crippen molar-refractivity contribution >= 4 is 17.1 Å². The zero-order valence-corrected chi connectivity index (χ0v) is 20.6. The minimum atomic E-state index is -1.55. The predicted octanol–water partition coefficient (Wildman–Crippen LogP) is 2.54. The number of ether oxygens (including phenoxy) is 3. The molecule has 1 fully saturated rings. The number of anilines is 1. The van der Waals surface area contributed by atoms with Gasteiger partial charge in [0.2, 0.25) is 0 Å². The van der Waals surface area contributed by atoms with Crippen molar-refractivity contribution in [2.45, 2.75) is 50.5 Å². The van der Waals surface area contributed by atoms with E-state index in [2.05, 4.69) is 22.1 Å². The van der Waals surface area contributed by atoms with Gasteiger partial charge >= 0.3 is 0 Å². The summed E-state index contributed by atoms with van der Waals surface area (Å²) in [5.74, 6) is 0. The van der Waals surface area contributed by atoms with Crippen LogP contribution in [0.5, 0.6) is 0 Å². The van der Waals surface area contributed by atoms with Gasteiger partial charge in [-0.2, -0.15) is 10.2 Å². The van der Waals surface area contributed by atoms with Crippen molar-refractivity contribution in [2.24, 2.45) is 10.2 Å². The number of azo groups is 1. The molecule has 3 rings (SSSR count). The molecule has 0 aliphatic carbocycles. The summed E-state index contributed by atoms with van der Waals surface area (Å²) in [7, 11) is 0. The van der Waals surface area contributed by atoms with Gasteiger partial charge in [0.1, 0.15) is 24.4 Å². The molecule has 2 aromatic rings. The second kappa shape index (κ2) is 15.0. The van der Waals surface area contributed by atoms with Crippen LogP contribution in [0.2, 0.25) is 0 Å². The summed E-state index contributed by atoms with van der Waals surface area (Å²) in [6.45, 7) is 5.38. The molecule has 0 saturated carbocycles. The Kier molecular flexibility index (Phi) is 11.7. The van der Waals surface area contributed by atoms with Crippen LogP contribution in [0.15, 0.2) is 64.8 Å². The second-order valence-corrected chi connectivity index (χ2v) is 8.56. The Morgan fingerprint density at radius 2 is 1.42 bits per heavy atom. The van der Waals surface area contributed by atoms with E-state index >= 15 is 0 Å². The number of aliphatic hydroxyl groups is 4. The van der Waals surface area contributed by atoms with Crippen molar-refractivity contribution in [3.05, 3.63) is 54.6 Å². The molecular weight excluding hydrogens is 466 g/mol. The van der Waals surface area contributed by atoms with Crippen molar-refractivity contribution in [1.29, 1.82) is 0 Å². The molecule has 0 amide bonds. The van der Waals surface area contributed by atoms with E-state index in [1.54, 1.807) is 0 Å². The highest BCUT2D eigenvalue weighted by molar-refractivity contribution is 5.52. The largest absolute Gasteiger partial charge is 0.387 e. The van der Waals surface area contributed by atoms with E-state index in [-0.39, 0.29) is 6.61 Å².